The van der Waals surface area contributed by atoms with E-state index in [1.165, 1.54) is 17.7 Å². The number of piperazine rings is 1. The smallest absolute Gasteiger partial charge is 0.317 e. The van der Waals surface area contributed by atoms with Crippen molar-refractivity contribution in [2.45, 2.75) is 13.0 Å². The van der Waals surface area contributed by atoms with Crippen molar-refractivity contribution in [1.82, 2.24) is 20.1 Å². The topological polar surface area (TPSA) is 48.5 Å². The largest absolute Gasteiger partial charge is 0.338 e. The lowest BCUT2D eigenvalue weighted by atomic mass is 10.1. The Kier molecular flexibility index (Phi) is 6.71. The number of carbonyl (C=O) groups excluding carboxylic acids is 1. The Morgan fingerprint density at radius 2 is 1.77 bits per heavy atom. The number of nitrogens with zero attached hydrogens (tertiary/aromatic N) is 3. The molecular formula is C23H25FN4OS. The number of rotatable bonds is 6. The number of thiazole rings is 1. The van der Waals surface area contributed by atoms with Gasteiger partial charge in [-0.1, -0.05) is 30.3 Å². The van der Waals surface area contributed by atoms with E-state index >= 15 is 0 Å². The minimum atomic E-state index is -0.240. The Hall–Kier alpha value is -2.77. The maximum Gasteiger partial charge on any atom is 0.317 e. The molecule has 0 atom stereocenters. The van der Waals surface area contributed by atoms with Crippen LogP contribution >= 0.6 is 11.3 Å². The minimum Gasteiger partial charge on any atom is -0.338 e. The summed E-state index contributed by atoms with van der Waals surface area (Å²) < 4.78 is 13.1. The molecular weight excluding hydrogens is 399 g/mol. The quantitative estimate of drug-likeness (QED) is 0.650. The molecule has 30 heavy (non-hydrogen) atoms. The van der Waals surface area contributed by atoms with Crippen LogP contribution in [0, 0.1) is 5.82 Å². The molecule has 1 saturated heterocycles. The van der Waals surface area contributed by atoms with Gasteiger partial charge in [0.15, 0.2) is 0 Å². The predicted molar refractivity (Wildman–Crippen MR) is 118 cm³/mol. The molecule has 7 heteroatoms. The van der Waals surface area contributed by atoms with Crippen molar-refractivity contribution in [1.29, 1.82) is 0 Å². The van der Waals surface area contributed by atoms with Gasteiger partial charge in [-0.25, -0.2) is 14.2 Å². The number of hydrogen-bond acceptors (Lipinski definition) is 4. The fourth-order valence-corrected chi connectivity index (χ4v) is 4.35. The van der Waals surface area contributed by atoms with Crippen molar-refractivity contribution in [3.8, 4) is 11.3 Å². The monoisotopic (exact) mass is 424 g/mol. The SMILES string of the molecule is O=C(NCCc1ccccc1)N1CCN(Cc2nc(-c3ccc(F)cc3)cs2)CC1. The molecule has 1 aromatic heterocycles. The van der Waals surface area contributed by atoms with Crippen molar-refractivity contribution >= 4 is 17.4 Å². The van der Waals surface area contributed by atoms with Crippen LogP contribution in [0.15, 0.2) is 60.0 Å². The number of aromatic nitrogens is 1. The fraction of sp³-hybridized carbons (Fsp3) is 0.304. The molecule has 156 valence electrons. The molecule has 0 bridgehead atoms. The molecule has 0 unspecified atom stereocenters. The van der Waals surface area contributed by atoms with Gasteiger partial charge in [0.25, 0.3) is 0 Å². The molecule has 0 aliphatic carbocycles. The molecule has 3 aromatic rings. The van der Waals surface area contributed by atoms with Gasteiger partial charge in [-0.2, -0.15) is 0 Å². The number of benzene rings is 2. The molecule has 2 heterocycles. The Morgan fingerprint density at radius 3 is 2.50 bits per heavy atom. The summed E-state index contributed by atoms with van der Waals surface area (Å²) in [5, 5.41) is 6.07. The minimum absolute atomic E-state index is 0.0124. The van der Waals surface area contributed by atoms with Gasteiger partial charge in [0.05, 0.1) is 12.2 Å². The second-order valence-corrected chi connectivity index (χ2v) is 8.31. The van der Waals surface area contributed by atoms with E-state index in [4.69, 9.17) is 0 Å². The standard InChI is InChI=1S/C23H25FN4OS/c24-20-8-6-19(7-9-20)21-17-30-22(26-21)16-27-12-14-28(15-13-27)23(29)25-11-10-18-4-2-1-3-5-18/h1-9,17H,10-16H2,(H,25,29). The number of carbonyl (C=O) groups is 1. The van der Waals surface area contributed by atoms with E-state index in [0.29, 0.717) is 19.6 Å². The van der Waals surface area contributed by atoms with Gasteiger partial charge in [0, 0.05) is 43.7 Å². The van der Waals surface area contributed by atoms with Crippen molar-refractivity contribution in [3.63, 3.8) is 0 Å². The summed E-state index contributed by atoms with van der Waals surface area (Å²) in [6.45, 7) is 4.51. The van der Waals surface area contributed by atoms with E-state index in [2.05, 4.69) is 27.3 Å². The van der Waals surface area contributed by atoms with E-state index in [9.17, 15) is 9.18 Å². The maximum absolute atomic E-state index is 13.1. The summed E-state index contributed by atoms with van der Waals surface area (Å²) in [4.78, 5) is 21.3. The number of nitrogens with one attached hydrogen (secondary N) is 1. The summed E-state index contributed by atoms with van der Waals surface area (Å²) in [6.07, 6.45) is 0.840. The highest BCUT2D eigenvalue weighted by molar-refractivity contribution is 7.09. The Morgan fingerprint density at radius 1 is 1.03 bits per heavy atom. The van der Waals surface area contributed by atoms with Gasteiger partial charge >= 0.3 is 6.03 Å². The molecule has 1 aliphatic heterocycles. The average Bonchev–Trinajstić information content (AvgIpc) is 3.24. The number of urea groups is 1. The summed E-state index contributed by atoms with van der Waals surface area (Å²) in [7, 11) is 0. The van der Waals surface area contributed by atoms with Crippen molar-refractivity contribution in [3.05, 3.63) is 76.4 Å². The van der Waals surface area contributed by atoms with Gasteiger partial charge in [0.2, 0.25) is 0 Å². The Labute approximate surface area is 180 Å². The number of amides is 2. The van der Waals surface area contributed by atoms with Crippen LogP contribution in [-0.4, -0.2) is 53.5 Å². The molecule has 1 aliphatic rings. The molecule has 5 nitrogen and oxygen atoms in total. The molecule has 0 saturated carbocycles. The van der Waals surface area contributed by atoms with E-state index < -0.39 is 0 Å². The van der Waals surface area contributed by atoms with Crippen molar-refractivity contribution in [2.24, 2.45) is 0 Å². The molecule has 1 fully saturated rings. The van der Waals surface area contributed by atoms with Crippen LogP contribution in [0.5, 0.6) is 0 Å². The fourth-order valence-electron chi connectivity index (χ4n) is 3.51. The van der Waals surface area contributed by atoms with E-state index in [1.807, 2.05) is 28.5 Å². The first-order valence-corrected chi connectivity index (χ1v) is 11.0. The highest BCUT2D eigenvalue weighted by atomic mass is 32.1. The maximum atomic E-state index is 13.1. The number of hydrogen-bond donors (Lipinski definition) is 1. The summed E-state index contributed by atoms with van der Waals surface area (Å²) in [5.74, 6) is -0.240. The molecule has 4 rings (SSSR count). The second-order valence-electron chi connectivity index (χ2n) is 7.36. The molecule has 0 spiro atoms. The zero-order valence-corrected chi connectivity index (χ0v) is 17.6. The van der Waals surface area contributed by atoms with Crippen LogP contribution in [0.4, 0.5) is 9.18 Å². The highest BCUT2D eigenvalue weighted by Gasteiger charge is 2.21. The lowest BCUT2D eigenvalue weighted by Crippen LogP contribution is -2.51. The zero-order valence-electron chi connectivity index (χ0n) is 16.8. The lowest BCUT2D eigenvalue weighted by molar-refractivity contribution is 0.135. The Balaban J connectivity index is 1.21. The highest BCUT2D eigenvalue weighted by Crippen LogP contribution is 2.23. The molecule has 1 N–H and O–H groups in total. The third kappa shape index (κ3) is 5.43. The van der Waals surface area contributed by atoms with Crippen molar-refractivity contribution < 1.29 is 9.18 Å². The third-order valence-corrected chi connectivity index (χ3v) is 6.08. The van der Waals surface area contributed by atoms with Crippen LogP contribution in [0.3, 0.4) is 0 Å². The van der Waals surface area contributed by atoms with Crippen molar-refractivity contribution in [2.75, 3.05) is 32.7 Å². The van der Waals surface area contributed by atoms with E-state index in [-0.39, 0.29) is 11.8 Å². The van der Waals surface area contributed by atoms with Gasteiger partial charge < -0.3 is 10.2 Å². The number of halogens is 1. The average molecular weight is 425 g/mol. The molecule has 2 amide bonds. The van der Waals surface area contributed by atoms with Gasteiger partial charge in [0.1, 0.15) is 10.8 Å². The predicted octanol–water partition coefficient (Wildman–Crippen LogP) is 4.02. The molecule has 2 aromatic carbocycles. The van der Waals surface area contributed by atoms with Crippen LogP contribution in [0.1, 0.15) is 10.6 Å². The second kappa shape index (κ2) is 9.82. The van der Waals surface area contributed by atoms with E-state index in [1.54, 1.807) is 23.5 Å². The van der Waals surface area contributed by atoms with Gasteiger partial charge in [-0.15, -0.1) is 11.3 Å². The van der Waals surface area contributed by atoms with Crippen LogP contribution < -0.4 is 5.32 Å². The summed E-state index contributed by atoms with van der Waals surface area (Å²) >= 11 is 1.62. The normalized spacial score (nSPS) is 14.6. The molecule has 0 radical (unpaired) electrons. The third-order valence-electron chi connectivity index (χ3n) is 5.24. The summed E-state index contributed by atoms with van der Waals surface area (Å²) in [5.41, 5.74) is 3.04. The first-order valence-electron chi connectivity index (χ1n) is 10.2. The first kappa shape index (κ1) is 20.5. The summed E-state index contributed by atoms with van der Waals surface area (Å²) in [6, 6.07) is 16.6. The van der Waals surface area contributed by atoms with Crippen LogP contribution in [0.2, 0.25) is 0 Å². The zero-order chi connectivity index (χ0) is 20.8. The van der Waals surface area contributed by atoms with Crippen LogP contribution in [-0.2, 0) is 13.0 Å². The van der Waals surface area contributed by atoms with Crippen LogP contribution in [0.25, 0.3) is 11.3 Å². The first-order chi connectivity index (χ1) is 14.7. The Bertz CT molecular complexity index is 953. The lowest BCUT2D eigenvalue weighted by Gasteiger charge is -2.34. The van der Waals surface area contributed by atoms with Gasteiger partial charge in [-0.05, 0) is 36.2 Å². The van der Waals surface area contributed by atoms with E-state index in [0.717, 1.165) is 42.3 Å². The van der Waals surface area contributed by atoms with Gasteiger partial charge in [-0.3, -0.25) is 4.90 Å².